The van der Waals surface area contributed by atoms with E-state index in [0.29, 0.717) is 19.0 Å². The van der Waals surface area contributed by atoms with Gasteiger partial charge in [-0.2, -0.15) is 13.2 Å². The molecule has 0 saturated heterocycles. The zero-order valence-corrected chi connectivity index (χ0v) is 12.2. The van der Waals surface area contributed by atoms with Gasteiger partial charge in [-0.3, -0.25) is 9.59 Å². The summed E-state index contributed by atoms with van der Waals surface area (Å²) >= 11 is 0. The van der Waals surface area contributed by atoms with E-state index >= 15 is 0 Å². The maximum Gasteiger partial charge on any atom is 0.417 e. The van der Waals surface area contributed by atoms with E-state index in [0.717, 1.165) is 12.1 Å². The number of nitrogens with one attached hydrogen (secondary N) is 1. The van der Waals surface area contributed by atoms with E-state index in [1.807, 2.05) is 0 Å². The van der Waals surface area contributed by atoms with Crippen molar-refractivity contribution in [2.75, 3.05) is 13.2 Å². The molecule has 2 N–H and O–H groups in total. The van der Waals surface area contributed by atoms with Crippen molar-refractivity contribution in [1.29, 1.82) is 0 Å². The highest BCUT2D eigenvalue weighted by Crippen LogP contribution is 2.29. The van der Waals surface area contributed by atoms with E-state index in [9.17, 15) is 22.8 Å². The van der Waals surface area contributed by atoms with Crippen molar-refractivity contribution in [3.8, 4) is 5.88 Å². The van der Waals surface area contributed by atoms with Gasteiger partial charge in [0.2, 0.25) is 11.8 Å². The number of hydrogen-bond donors (Lipinski definition) is 2. The molecule has 0 atom stereocenters. The van der Waals surface area contributed by atoms with E-state index in [4.69, 9.17) is 9.84 Å². The normalized spacial score (nSPS) is 11.1. The Hall–Kier alpha value is -2.32. The van der Waals surface area contributed by atoms with Gasteiger partial charge in [-0.25, -0.2) is 4.98 Å². The van der Waals surface area contributed by atoms with Crippen LogP contribution in [0, 0.1) is 0 Å². The number of carboxylic acid groups (broad SMARTS) is 1. The molecule has 1 aromatic rings. The van der Waals surface area contributed by atoms with E-state index in [2.05, 4.69) is 10.3 Å². The molecular weight excluding hydrogens is 317 g/mol. The highest BCUT2D eigenvalue weighted by Gasteiger charge is 2.30. The van der Waals surface area contributed by atoms with Gasteiger partial charge in [0.05, 0.1) is 12.1 Å². The zero-order valence-electron chi connectivity index (χ0n) is 12.2. The molecule has 0 saturated carbocycles. The fraction of sp³-hybridized carbons (Fsp3) is 0.500. The zero-order chi connectivity index (χ0) is 17.3. The second kappa shape index (κ2) is 8.96. The third-order valence-corrected chi connectivity index (χ3v) is 2.78. The molecule has 0 radical (unpaired) electrons. The van der Waals surface area contributed by atoms with Crippen LogP contribution in [0.15, 0.2) is 18.3 Å². The van der Waals surface area contributed by atoms with Gasteiger partial charge in [0.25, 0.3) is 0 Å². The molecule has 0 aliphatic rings. The maximum absolute atomic E-state index is 12.3. The smallest absolute Gasteiger partial charge is 0.417 e. The Bertz CT molecular complexity index is 518. The minimum atomic E-state index is -4.44. The van der Waals surface area contributed by atoms with Crippen molar-refractivity contribution in [2.24, 2.45) is 0 Å². The molecule has 9 heteroatoms. The molecule has 0 unspecified atom stereocenters. The summed E-state index contributed by atoms with van der Waals surface area (Å²) < 4.78 is 42.1. The Labute approximate surface area is 130 Å². The molecule has 128 valence electrons. The molecule has 1 amide bonds. The van der Waals surface area contributed by atoms with Crippen LogP contribution in [0.5, 0.6) is 5.88 Å². The van der Waals surface area contributed by atoms with E-state index in [-0.39, 0.29) is 37.8 Å². The first-order valence-electron chi connectivity index (χ1n) is 6.93. The number of amides is 1. The van der Waals surface area contributed by atoms with Crippen LogP contribution in [0.25, 0.3) is 0 Å². The average molecular weight is 334 g/mol. The van der Waals surface area contributed by atoms with Crippen molar-refractivity contribution in [3.63, 3.8) is 0 Å². The fourth-order valence-corrected chi connectivity index (χ4v) is 1.63. The van der Waals surface area contributed by atoms with Crippen molar-refractivity contribution >= 4 is 11.9 Å². The van der Waals surface area contributed by atoms with Gasteiger partial charge in [-0.1, -0.05) is 0 Å². The SMILES string of the molecule is O=C(O)CCCCC(=O)NCCOc1ccc(C(F)(F)F)cn1. The Morgan fingerprint density at radius 2 is 1.91 bits per heavy atom. The highest BCUT2D eigenvalue weighted by atomic mass is 19.4. The standard InChI is InChI=1S/C14H17F3N2O4/c15-14(16,17)10-5-6-12(19-9-10)23-8-7-18-11(20)3-1-2-4-13(21)22/h5-6,9H,1-4,7-8H2,(H,18,20)(H,21,22). The molecule has 1 rings (SSSR count). The number of aromatic nitrogens is 1. The van der Waals surface area contributed by atoms with Crippen molar-refractivity contribution in [2.45, 2.75) is 31.9 Å². The Morgan fingerprint density at radius 1 is 1.22 bits per heavy atom. The first kappa shape index (κ1) is 18.7. The lowest BCUT2D eigenvalue weighted by Gasteiger charge is -2.09. The van der Waals surface area contributed by atoms with Crippen LogP contribution >= 0.6 is 0 Å². The minimum Gasteiger partial charge on any atom is -0.481 e. The number of rotatable bonds is 9. The third-order valence-electron chi connectivity index (χ3n) is 2.78. The van der Waals surface area contributed by atoms with Gasteiger partial charge in [-0.05, 0) is 18.9 Å². The molecule has 0 aliphatic heterocycles. The van der Waals surface area contributed by atoms with Crippen LogP contribution in [0.2, 0.25) is 0 Å². The molecule has 0 aliphatic carbocycles. The summed E-state index contributed by atoms with van der Waals surface area (Å²) in [6.07, 6.45) is -2.63. The van der Waals surface area contributed by atoms with Gasteiger partial charge < -0.3 is 15.2 Å². The number of hydrogen-bond acceptors (Lipinski definition) is 4. The number of pyridine rings is 1. The van der Waals surface area contributed by atoms with Gasteiger partial charge >= 0.3 is 12.1 Å². The molecule has 0 aromatic carbocycles. The number of aliphatic carboxylic acids is 1. The van der Waals surface area contributed by atoms with Gasteiger partial charge in [0.1, 0.15) is 6.61 Å². The van der Waals surface area contributed by atoms with Crippen molar-refractivity contribution in [3.05, 3.63) is 23.9 Å². The summed E-state index contributed by atoms with van der Waals surface area (Å²) in [5.74, 6) is -1.10. The number of alkyl halides is 3. The summed E-state index contributed by atoms with van der Waals surface area (Å²) in [6, 6.07) is 1.97. The van der Waals surface area contributed by atoms with Crippen LogP contribution in [-0.4, -0.2) is 35.1 Å². The van der Waals surface area contributed by atoms with E-state index in [1.165, 1.54) is 0 Å². The average Bonchev–Trinajstić information content (AvgIpc) is 2.47. The first-order valence-corrected chi connectivity index (χ1v) is 6.93. The van der Waals surface area contributed by atoms with E-state index in [1.54, 1.807) is 0 Å². The van der Waals surface area contributed by atoms with Crippen LogP contribution in [0.4, 0.5) is 13.2 Å². The van der Waals surface area contributed by atoms with Gasteiger partial charge in [-0.15, -0.1) is 0 Å². The lowest BCUT2D eigenvalue weighted by Crippen LogP contribution is -2.27. The molecule has 23 heavy (non-hydrogen) atoms. The Morgan fingerprint density at radius 3 is 2.48 bits per heavy atom. The second-order valence-corrected chi connectivity index (χ2v) is 4.68. The lowest BCUT2D eigenvalue weighted by atomic mass is 10.2. The monoisotopic (exact) mass is 334 g/mol. The first-order chi connectivity index (χ1) is 10.8. The highest BCUT2D eigenvalue weighted by molar-refractivity contribution is 5.75. The molecule has 6 nitrogen and oxygen atoms in total. The number of carboxylic acids is 1. The molecule has 1 heterocycles. The summed E-state index contributed by atoms with van der Waals surface area (Å²) in [4.78, 5) is 25.2. The van der Waals surface area contributed by atoms with Gasteiger partial charge in [0.15, 0.2) is 0 Å². The number of halogens is 3. The van der Waals surface area contributed by atoms with Crippen molar-refractivity contribution in [1.82, 2.24) is 10.3 Å². The van der Waals surface area contributed by atoms with Crippen LogP contribution in [0.1, 0.15) is 31.2 Å². The van der Waals surface area contributed by atoms with E-state index < -0.39 is 17.7 Å². The quantitative estimate of drug-likeness (QED) is 0.676. The molecular formula is C14H17F3N2O4. The van der Waals surface area contributed by atoms with Crippen LogP contribution in [0.3, 0.4) is 0 Å². The molecule has 1 aromatic heterocycles. The summed E-state index contributed by atoms with van der Waals surface area (Å²) in [6.45, 7) is 0.250. The predicted octanol–water partition coefficient (Wildman–Crippen LogP) is 2.24. The predicted molar refractivity (Wildman–Crippen MR) is 73.8 cm³/mol. The van der Waals surface area contributed by atoms with Crippen molar-refractivity contribution < 1.29 is 32.6 Å². The van der Waals surface area contributed by atoms with Crippen LogP contribution < -0.4 is 10.1 Å². The van der Waals surface area contributed by atoms with Gasteiger partial charge in [0, 0.05) is 25.1 Å². The third kappa shape index (κ3) is 8.03. The summed E-state index contributed by atoms with van der Waals surface area (Å²) in [5.41, 5.74) is -0.862. The Balaban J connectivity index is 2.17. The maximum atomic E-state index is 12.3. The largest absolute Gasteiger partial charge is 0.481 e. The number of carbonyl (C=O) groups is 2. The number of nitrogens with zero attached hydrogens (tertiary/aromatic N) is 1. The Kier molecular flexibility index (Phi) is 7.30. The minimum absolute atomic E-state index is 0.0238. The molecule has 0 spiro atoms. The fourth-order valence-electron chi connectivity index (χ4n) is 1.63. The number of ether oxygens (including phenoxy) is 1. The molecule has 0 bridgehead atoms. The topological polar surface area (TPSA) is 88.5 Å². The summed E-state index contributed by atoms with van der Waals surface area (Å²) in [7, 11) is 0. The summed E-state index contributed by atoms with van der Waals surface area (Å²) in [5, 5.41) is 11.0. The number of unbranched alkanes of at least 4 members (excludes halogenated alkanes) is 1. The lowest BCUT2D eigenvalue weighted by molar-refractivity contribution is -0.138. The molecule has 0 fully saturated rings. The number of carbonyl (C=O) groups excluding carboxylic acids is 1. The second-order valence-electron chi connectivity index (χ2n) is 4.68. The van der Waals surface area contributed by atoms with Crippen LogP contribution in [-0.2, 0) is 15.8 Å².